The number of piperidine rings is 1. The minimum atomic E-state index is -0.781. The van der Waals surface area contributed by atoms with Crippen molar-refractivity contribution < 1.29 is 14.6 Å². The van der Waals surface area contributed by atoms with Crippen LogP contribution in [0.3, 0.4) is 0 Å². The number of carbonyl (C=O) groups is 1. The van der Waals surface area contributed by atoms with Crippen LogP contribution in [-0.4, -0.2) is 60.9 Å². The highest BCUT2D eigenvalue weighted by Crippen LogP contribution is 2.23. The van der Waals surface area contributed by atoms with Gasteiger partial charge in [-0.1, -0.05) is 6.92 Å². The molecular formula is C12H24N2O3. The molecule has 17 heavy (non-hydrogen) atoms. The predicted octanol–water partition coefficient (Wildman–Crippen LogP) is 0.550. The van der Waals surface area contributed by atoms with E-state index < -0.39 is 12.0 Å². The number of likely N-dealkylation sites (N-methyl/N-ethyl adjacent to an activating group) is 1. The molecule has 0 radical (unpaired) electrons. The number of carboxylic acid groups (broad SMARTS) is 1. The lowest BCUT2D eigenvalue weighted by atomic mass is 9.94. The second-order valence-electron chi connectivity index (χ2n) is 4.94. The zero-order valence-electron chi connectivity index (χ0n) is 11.0. The summed E-state index contributed by atoms with van der Waals surface area (Å²) in [6.07, 6.45) is 2.10. The van der Waals surface area contributed by atoms with E-state index in [1.165, 1.54) is 0 Å². The van der Waals surface area contributed by atoms with Crippen molar-refractivity contribution in [3.8, 4) is 0 Å². The smallest absolute Gasteiger partial charge is 0.322 e. The number of ether oxygens (including phenoxy) is 1. The van der Waals surface area contributed by atoms with Gasteiger partial charge in [-0.3, -0.25) is 9.69 Å². The Kier molecular flexibility index (Phi) is 5.36. The van der Waals surface area contributed by atoms with Crippen molar-refractivity contribution in [2.24, 2.45) is 0 Å². The molecule has 1 aliphatic heterocycles. The molecule has 5 nitrogen and oxygen atoms in total. The van der Waals surface area contributed by atoms with Crippen molar-refractivity contribution in [2.75, 3.05) is 33.3 Å². The maximum Gasteiger partial charge on any atom is 0.322 e. The molecule has 1 heterocycles. The van der Waals surface area contributed by atoms with Crippen LogP contribution < -0.4 is 5.32 Å². The van der Waals surface area contributed by atoms with Gasteiger partial charge in [0.2, 0.25) is 0 Å². The number of methoxy groups -OCH3 is 1. The summed E-state index contributed by atoms with van der Waals surface area (Å²) in [6.45, 7) is 6.98. The van der Waals surface area contributed by atoms with E-state index in [1.54, 1.807) is 7.11 Å². The monoisotopic (exact) mass is 244 g/mol. The van der Waals surface area contributed by atoms with Gasteiger partial charge in [-0.05, 0) is 32.9 Å². The largest absolute Gasteiger partial charge is 0.480 e. The summed E-state index contributed by atoms with van der Waals surface area (Å²) < 4.78 is 5.50. The Morgan fingerprint density at radius 3 is 2.88 bits per heavy atom. The fraction of sp³-hybridized carbons (Fsp3) is 0.917. The van der Waals surface area contributed by atoms with Crippen LogP contribution in [0.15, 0.2) is 0 Å². The van der Waals surface area contributed by atoms with Gasteiger partial charge in [-0.25, -0.2) is 0 Å². The van der Waals surface area contributed by atoms with Crippen LogP contribution in [-0.2, 0) is 9.53 Å². The molecule has 1 saturated heterocycles. The molecule has 0 bridgehead atoms. The van der Waals surface area contributed by atoms with Crippen molar-refractivity contribution >= 4 is 5.97 Å². The first-order valence-electron chi connectivity index (χ1n) is 6.24. The average Bonchev–Trinajstić information content (AvgIpc) is 2.28. The van der Waals surface area contributed by atoms with Gasteiger partial charge in [0.1, 0.15) is 6.04 Å². The highest BCUT2D eigenvalue weighted by molar-refractivity contribution is 5.73. The summed E-state index contributed by atoms with van der Waals surface area (Å²) in [5, 5.41) is 12.1. The van der Waals surface area contributed by atoms with Crippen molar-refractivity contribution in [3.05, 3.63) is 0 Å². The van der Waals surface area contributed by atoms with Crippen molar-refractivity contribution in [1.29, 1.82) is 0 Å². The molecule has 0 aromatic heterocycles. The molecule has 1 rings (SSSR count). The molecule has 1 aliphatic rings. The molecule has 2 N–H and O–H groups in total. The molecule has 0 aromatic carbocycles. The Morgan fingerprint density at radius 2 is 2.35 bits per heavy atom. The first kappa shape index (κ1) is 14.4. The first-order valence-corrected chi connectivity index (χ1v) is 6.24. The second kappa shape index (κ2) is 6.33. The van der Waals surface area contributed by atoms with Crippen LogP contribution >= 0.6 is 0 Å². The molecule has 2 atom stereocenters. The van der Waals surface area contributed by atoms with Gasteiger partial charge >= 0.3 is 5.97 Å². The van der Waals surface area contributed by atoms with Crippen LogP contribution in [0, 0.1) is 0 Å². The van der Waals surface area contributed by atoms with Gasteiger partial charge in [0.15, 0.2) is 0 Å². The predicted molar refractivity (Wildman–Crippen MR) is 66.2 cm³/mol. The fourth-order valence-corrected chi connectivity index (χ4v) is 2.36. The van der Waals surface area contributed by atoms with E-state index in [9.17, 15) is 4.79 Å². The minimum Gasteiger partial charge on any atom is -0.480 e. The number of rotatable bonds is 6. The second-order valence-corrected chi connectivity index (χ2v) is 4.94. The quantitative estimate of drug-likeness (QED) is 0.714. The number of hydrogen-bond acceptors (Lipinski definition) is 4. The third-order valence-electron chi connectivity index (χ3n) is 3.42. The molecule has 0 saturated carbocycles. The van der Waals surface area contributed by atoms with Crippen molar-refractivity contribution in [2.45, 2.75) is 38.3 Å². The van der Waals surface area contributed by atoms with E-state index in [0.29, 0.717) is 13.1 Å². The summed E-state index contributed by atoms with van der Waals surface area (Å²) in [4.78, 5) is 13.2. The van der Waals surface area contributed by atoms with Gasteiger partial charge in [-0.15, -0.1) is 0 Å². The normalized spacial score (nSPS) is 27.9. The van der Waals surface area contributed by atoms with Gasteiger partial charge in [0, 0.05) is 20.2 Å². The lowest BCUT2D eigenvalue weighted by Gasteiger charge is -2.40. The summed E-state index contributed by atoms with van der Waals surface area (Å²) in [6, 6.07) is -0.487. The van der Waals surface area contributed by atoms with Gasteiger partial charge in [-0.2, -0.15) is 0 Å². The maximum atomic E-state index is 11.1. The molecule has 100 valence electrons. The van der Waals surface area contributed by atoms with Crippen LogP contribution in [0.4, 0.5) is 0 Å². The number of aliphatic carboxylic acids is 1. The van der Waals surface area contributed by atoms with E-state index in [1.807, 2.05) is 6.92 Å². The third-order valence-corrected chi connectivity index (χ3v) is 3.42. The Morgan fingerprint density at radius 1 is 1.65 bits per heavy atom. The van der Waals surface area contributed by atoms with Crippen LogP contribution in [0.5, 0.6) is 0 Å². The number of carboxylic acids is 1. The maximum absolute atomic E-state index is 11.1. The first-order chi connectivity index (χ1) is 8.00. The number of hydrogen-bond donors (Lipinski definition) is 2. The highest BCUT2D eigenvalue weighted by atomic mass is 16.5. The third kappa shape index (κ3) is 4.26. The Bertz CT molecular complexity index is 260. The molecule has 2 unspecified atom stereocenters. The van der Waals surface area contributed by atoms with E-state index in [2.05, 4.69) is 17.1 Å². The molecule has 0 amide bonds. The highest BCUT2D eigenvalue weighted by Gasteiger charge is 2.32. The van der Waals surface area contributed by atoms with E-state index in [4.69, 9.17) is 9.84 Å². The lowest BCUT2D eigenvalue weighted by Crippen LogP contribution is -2.53. The summed E-state index contributed by atoms with van der Waals surface area (Å²) >= 11 is 0. The molecule has 0 spiro atoms. The molecular weight excluding hydrogens is 220 g/mol. The molecule has 1 fully saturated rings. The lowest BCUT2D eigenvalue weighted by molar-refractivity contribution is -0.140. The zero-order chi connectivity index (χ0) is 12.9. The SMILES string of the molecule is CCNC(CN1CCCC(C)(OC)C1)C(=O)O. The Labute approximate surface area is 103 Å². The van der Waals surface area contributed by atoms with Gasteiger partial charge in [0.05, 0.1) is 5.60 Å². The number of likely N-dealkylation sites (tertiary alicyclic amines) is 1. The topological polar surface area (TPSA) is 61.8 Å². The van der Waals surface area contributed by atoms with E-state index >= 15 is 0 Å². The summed E-state index contributed by atoms with van der Waals surface area (Å²) in [5.74, 6) is -0.781. The average molecular weight is 244 g/mol. The van der Waals surface area contributed by atoms with Crippen LogP contribution in [0.1, 0.15) is 26.7 Å². The van der Waals surface area contributed by atoms with Gasteiger partial charge in [0.25, 0.3) is 0 Å². The molecule has 5 heteroatoms. The standard InChI is InChI=1S/C12H24N2O3/c1-4-13-10(11(15)16)8-14-7-5-6-12(2,9-14)17-3/h10,13H,4-9H2,1-3H3,(H,15,16). The fourth-order valence-electron chi connectivity index (χ4n) is 2.36. The zero-order valence-corrected chi connectivity index (χ0v) is 11.0. The van der Waals surface area contributed by atoms with Crippen molar-refractivity contribution in [3.63, 3.8) is 0 Å². The Balaban J connectivity index is 2.52. The molecule has 0 aromatic rings. The van der Waals surface area contributed by atoms with Crippen molar-refractivity contribution in [1.82, 2.24) is 10.2 Å². The molecule has 0 aliphatic carbocycles. The van der Waals surface area contributed by atoms with Crippen LogP contribution in [0.2, 0.25) is 0 Å². The Hall–Kier alpha value is -0.650. The minimum absolute atomic E-state index is 0.131. The van der Waals surface area contributed by atoms with Crippen LogP contribution in [0.25, 0.3) is 0 Å². The number of nitrogens with zero attached hydrogens (tertiary/aromatic N) is 1. The summed E-state index contributed by atoms with van der Waals surface area (Å²) in [7, 11) is 1.72. The van der Waals surface area contributed by atoms with E-state index in [0.717, 1.165) is 25.9 Å². The number of nitrogens with one attached hydrogen (secondary N) is 1. The van der Waals surface area contributed by atoms with E-state index in [-0.39, 0.29) is 5.60 Å². The van der Waals surface area contributed by atoms with Gasteiger partial charge < -0.3 is 15.2 Å². The summed E-state index contributed by atoms with van der Waals surface area (Å²) in [5.41, 5.74) is -0.131.